The number of nitro benzene ring substituents is 1. The number of hydrogen-bond donors (Lipinski definition) is 2. The van der Waals surface area contributed by atoms with Crippen LogP contribution in [0.3, 0.4) is 0 Å². The number of hydrogen-bond acceptors (Lipinski definition) is 5. The third kappa shape index (κ3) is 5.20. The molecule has 0 aliphatic heterocycles. The van der Waals surface area contributed by atoms with E-state index in [9.17, 15) is 19.3 Å². The van der Waals surface area contributed by atoms with Crippen LogP contribution in [0.15, 0.2) is 40.9 Å². The van der Waals surface area contributed by atoms with E-state index in [0.29, 0.717) is 10.0 Å². The van der Waals surface area contributed by atoms with Gasteiger partial charge in [-0.2, -0.15) is 0 Å². The molecular weight excluding hydrogens is 431 g/mol. The molecule has 0 aliphatic carbocycles. The highest BCUT2D eigenvalue weighted by Crippen LogP contribution is 2.25. The number of benzene rings is 2. The Labute approximate surface area is 161 Å². The standard InChI is InChI=1S/C16H12BrFN2O5S/c17-10-2-1-9(13(18)5-10)7-19-16(26)12-6-11(20(23)24)3-4-14(12)25-8-15(21)22/h1-6H,7-8H2,(H,19,26)(H,21,22). The summed E-state index contributed by atoms with van der Waals surface area (Å²) in [6.45, 7) is -0.590. The Kier molecular flexibility index (Phi) is 6.58. The van der Waals surface area contributed by atoms with Crippen molar-refractivity contribution >= 4 is 44.8 Å². The molecule has 136 valence electrons. The molecule has 2 N–H and O–H groups in total. The Morgan fingerprint density at radius 3 is 2.69 bits per heavy atom. The minimum Gasteiger partial charge on any atom is -0.481 e. The summed E-state index contributed by atoms with van der Waals surface area (Å²) in [6, 6.07) is 8.14. The van der Waals surface area contributed by atoms with E-state index < -0.39 is 23.3 Å². The van der Waals surface area contributed by atoms with Crippen molar-refractivity contribution in [3.8, 4) is 5.75 Å². The smallest absolute Gasteiger partial charge is 0.341 e. The summed E-state index contributed by atoms with van der Waals surface area (Å²) in [5.74, 6) is -1.58. The maximum absolute atomic E-state index is 13.9. The summed E-state index contributed by atoms with van der Waals surface area (Å²) in [6.07, 6.45) is 0. The SMILES string of the molecule is O=C(O)COc1ccc([N+](=O)[O-])cc1C(=S)NCc1ccc(Br)cc1F. The van der Waals surface area contributed by atoms with E-state index in [1.807, 2.05) is 0 Å². The van der Waals surface area contributed by atoms with Crippen molar-refractivity contribution in [3.05, 3.63) is 67.9 Å². The van der Waals surface area contributed by atoms with Gasteiger partial charge in [-0.3, -0.25) is 10.1 Å². The van der Waals surface area contributed by atoms with Gasteiger partial charge in [0.15, 0.2) is 6.61 Å². The van der Waals surface area contributed by atoms with Gasteiger partial charge >= 0.3 is 5.97 Å². The van der Waals surface area contributed by atoms with Crippen LogP contribution in [0.1, 0.15) is 11.1 Å². The number of carboxylic acids is 1. The van der Waals surface area contributed by atoms with Crippen LogP contribution in [0.4, 0.5) is 10.1 Å². The van der Waals surface area contributed by atoms with Gasteiger partial charge in [0.2, 0.25) is 0 Å². The average molecular weight is 443 g/mol. The second kappa shape index (κ2) is 8.68. The molecule has 0 spiro atoms. The van der Waals surface area contributed by atoms with Gasteiger partial charge in [-0.15, -0.1) is 0 Å². The summed E-state index contributed by atoms with van der Waals surface area (Å²) in [4.78, 5) is 21.1. The molecule has 0 heterocycles. The Morgan fingerprint density at radius 1 is 1.35 bits per heavy atom. The second-order valence-corrected chi connectivity index (χ2v) is 6.36. The van der Waals surface area contributed by atoms with Crippen molar-refractivity contribution in [2.24, 2.45) is 0 Å². The fraction of sp³-hybridized carbons (Fsp3) is 0.125. The third-order valence-electron chi connectivity index (χ3n) is 3.22. The van der Waals surface area contributed by atoms with Crippen LogP contribution in [0.2, 0.25) is 0 Å². The molecule has 0 aromatic heterocycles. The molecular formula is C16H12BrFN2O5S. The normalized spacial score (nSPS) is 10.2. The number of nitrogens with one attached hydrogen (secondary N) is 1. The van der Waals surface area contributed by atoms with Gasteiger partial charge in [-0.25, -0.2) is 9.18 Å². The molecule has 26 heavy (non-hydrogen) atoms. The molecule has 0 unspecified atom stereocenters. The van der Waals surface area contributed by atoms with Crippen molar-refractivity contribution in [2.45, 2.75) is 6.54 Å². The molecule has 0 bridgehead atoms. The number of carboxylic acid groups (broad SMARTS) is 1. The van der Waals surface area contributed by atoms with Crippen molar-refractivity contribution in [1.82, 2.24) is 5.32 Å². The van der Waals surface area contributed by atoms with E-state index in [2.05, 4.69) is 21.2 Å². The molecule has 7 nitrogen and oxygen atoms in total. The first-order valence-electron chi connectivity index (χ1n) is 7.13. The largest absolute Gasteiger partial charge is 0.481 e. The summed E-state index contributed by atoms with van der Waals surface area (Å²) in [7, 11) is 0. The monoisotopic (exact) mass is 442 g/mol. The molecule has 10 heteroatoms. The van der Waals surface area contributed by atoms with E-state index in [1.165, 1.54) is 24.3 Å². The van der Waals surface area contributed by atoms with Gasteiger partial charge in [-0.1, -0.05) is 34.2 Å². The number of halogens is 2. The highest BCUT2D eigenvalue weighted by Gasteiger charge is 2.16. The average Bonchev–Trinajstić information content (AvgIpc) is 2.58. The van der Waals surface area contributed by atoms with Crippen LogP contribution in [-0.2, 0) is 11.3 Å². The van der Waals surface area contributed by atoms with Crippen LogP contribution in [-0.4, -0.2) is 27.6 Å². The zero-order chi connectivity index (χ0) is 19.3. The number of nitro groups is 1. The first-order chi connectivity index (χ1) is 12.3. The molecule has 2 rings (SSSR count). The number of thiocarbonyl (C=S) groups is 1. The molecule has 2 aromatic rings. The number of ether oxygens (including phenoxy) is 1. The van der Waals surface area contributed by atoms with Crippen LogP contribution < -0.4 is 10.1 Å². The van der Waals surface area contributed by atoms with Crippen LogP contribution in [0.25, 0.3) is 0 Å². The maximum atomic E-state index is 13.9. The van der Waals surface area contributed by atoms with Crippen molar-refractivity contribution in [3.63, 3.8) is 0 Å². The highest BCUT2D eigenvalue weighted by atomic mass is 79.9. The molecule has 0 atom stereocenters. The number of carbonyl (C=O) groups is 1. The Morgan fingerprint density at radius 2 is 2.08 bits per heavy atom. The summed E-state index contributed by atoms with van der Waals surface area (Å²) < 4.78 is 19.6. The van der Waals surface area contributed by atoms with Gasteiger partial charge in [0.25, 0.3) is 5.69 Å². The van der Waals surface area contributed by atoms with E-state index in [1.54, 1.807) is 12.1 Å². The van der Waals surface area contributed by atoms with E-state index in [4.69, 9.17) is 22.1 Å². The summed E-state index contributed by atoms with van der Waals surface area (Å²) >= 11 is 8.37. The molecule has 0 amide bonds. The molecule has 2 aromatic carbocycles. The zero-order valence-electron chi connectivity index (χ0n) is 13.1. The van der Waals surface area contributed by atoms with Crippen LogP contribution in [0, 0.1) is 15.9 Å². The number of non-ortho nitro benzene ring substituents is 1. The van der Waals surface area contributed by atoms with Crippen molar-refractivity contribution < 1.29 is 24.0 Å². The van der Waals surface area contributed by atoms with Crippen molar-refractivity contribution in [1.29, 1.82) is 0 Å². The third-order valence-corrected chi connectivity index (χ3v) is 4.08. The van der Waals surface area contributed by atoms with Crippen molar-refractivity contribution in [2.75, 3.05) is 6.61 Å². The highest BCUT2D eigenvalue weighted by molar-refractivity contribution is 9.10. The number of nitrogens with zero attached hydrogens (tertiary/aromatic N) is 1. The Bertz CT molecular complexity index is 878. The van der Waals surface area contributed by atoms with E-state index in [-0.39, 0.29) is 28.5 Å². The first kappa shape index (κ1) is 19.7. The van der Waals surface area contributed by atoms with Gasteiger partial charge in [0, 0.05) is 28.7 Å². The fourth-order valence-corrected chi connectivity index (χ4v) is 2.57. The van der Waals surface area contributed by atoms with Gasteiger partial charge in [0.05, 0.1) is 10.5 Å². The van der Waals surface area contributed by atoms with Crippen LogP contribution in [0.5, 0.6) is 5.75 Å². The number of rotatable bonds is 7. The quantitative estimate of drug-likeness (QED) is 0.384. The lowest BCUT2D eigenvalue weighted by Crippen LogP contribution is -2.23. The minimum atomic E-state index is -1.20. The first-order valence-corrected chi connectivity index (χ1v) is 8.33. The predicted molar refractivity (Wildman–Crippen MR) is 98.9 cm³/mol. The Hall–Kier alpha value is -2.59. The minimum absolute atomic E-state index is 0.0407. The number of aliphatic carboxylic acids is 1. The molecule has 0 aliphatic rings. The topological polar surface area (TPSA) is 102 Å². The van der Waals surface area contributed by atoms with Gasteiger partial charge in [-0.05, 0) is 18.2 Å². The predicted octanol–water partition coefficient (Wildman–Crippen LogP) is 3.43. The van der Waals surface area contributed by atoms with Gasteiger partial charge in [0.1, 0.15) is 16.6 Å². The van der Waals surface area contributed by atoms with E-state index >= 15 is 0 Å². The van der Waals surface area contributed by atoms with Gasteiger partial charge < -0.3 is 15.2 Å². The molecule has 0 saturated heterocycles. The zero-order valence-corrected chi connectivity index (χ0v) is 15.5. The van der Waals surface area contributed by atoms with Crippen LogP contribution >= 0.6 is 28.1 Å². The second-order valence-electron chi connectivity index (χ2n) is 5.04. The molecule has 0 saturated carbocycles. The fourth-order valence-electron chi connectivity index (χ4n) is 2.01. The summed E-state index contributed by atoms with van der Waals surface area (Å²) in [5.41, 5.74) is 0.253. The lowest BCUT2D eigenvalue weighted by Gasteiger charge is -2.13. The lowest BCUT2D eigenvalue weighted by atomic mass is 10.1. The molecule has 0 fully saturated rings. The summed E-state index contributed by atoms with van der Waals surface area (Å²) in [5, 5.41) is 22.5. The lowest BCUT2D eigenvalue weighted by molar-refractivity contribution is -0.384. The maximum Gasteiger partial charge on any atom is 0.341 e. The van der Waals surface area contributed by atoms with E-state index in [0.717, 1.165) is 0 Å². The molecule has 0 radical (unpaired) electrons. The Balaban J connectivity index is 2.22.